The van der Waals surface area contributed by atoms with E-state index in [0.717, 1.165) is 18.5 Å². The van der Waals surface area contributed by atoms with Gasteiger partial charge in [0.05, 0.1) is 5.69 Å². The van der Waals surface area contributed by atoms with Gasteiger partial charge in [0.25, 0.3) is 0 Å². The molecule has 1 aromatic carbocycles. The standard InChI is InChI=1S/C11H14NO/c1-2-3-9-11(13)12-10-7-5-4-6-8-10/h4-8H,2-3,9H2,1H3. The summed E-state index contributed by atoms with van der Waals surface area (Å²) in [6.07, 6.45) is 2.52. The molecule has 0 fully saturated rings. The largest absolute Gasteiger partial charge is 0.273 e. The van der Waals surface area contributed by atoms with Gasteiger partial charge in [0, 0.05) is 6.42 Å². The molecule has 13 heavy (non-hydrogen) atoms. The van der Waals surface area contributed by atoms with Crippen LogP contribution in [0.25, 0.3) is 0 Å². The Morgan fingerprint density at radius 1 is 1.31 bits per heavy atom. The SMILES string of the molecule is CCCCC(=O)[N]c1ccccc1. The van der Waals surface area contributed by atoms with Gasteiger partial charge in [-0.25, -0.2) is 5.32 Å². The van der Waals surface area contributed by atoms with Crippen LogP contribution in [0.2, 0.25) is 0 Å². The fourth-order valence-electron chi connectivity index (χ4n) is 1.03. The predicted octanol–water partition coefficient (Wildman–Crippen LogP) is 2.64. The van der Waals surface area contributed by atoms with Crippen molar-refractivity contribution in [2.45, 2.75) is 26.2 Å². The van der Waals surface area contributed by atoms with E-state index >= 15 is 0 Å². The number of nitrogens with zero attached hydrogens (tertiary/aromatic N) is 1. The molecule has 0 unspecified atom stereocenters. The Morgan fingerprint density at radius 2 is 2.00 bits per heavy atom. The number of hydrogen-bond donors (Lipinski definition) is 0. The van der Waals surface area contributed by atoms with Crippen molar-refractivity contribution in [3.63, 3.8) is 0 Å². The van der Waals surface area contributed by atoms with E-state index in [-0.39, 0.29) is 5.91 Å². The summed E-state index contributed by atoms with van der Waals surface area (Å²) in [6.45, 7) is 2.07. The van der Waals surface area contributed by atoms with Crippen molar-refractivity contribution < 1.29 is 4.79 Å². The van der Waals surface area contributed by atoms with E-state index in [1.807, 2.05) is 30.3 Å². The Bertz CT molecular complexity index is 256. The average Bonchev–Trinajstić information content (AvgIpc) is 2.16. The first-order chi connectivity index (χ1) is 6.33. The summed E-state index contributed by atoms with van der Waals surface area (Å²) in [5, 5.41) is 3.96. The minimum Gasteiger partial charge on any atom is -0.273 e. The van der Waals surface area contributed by atoms with Crippen LogP contribution in [0.15, 0.2) is 30.3 Å². The average molecular weight is 176 g/mol. The first kappa shape index (κ1) is 9.78. The van der Waals surface area contributed by atoms with Gasteiger partial charge in [0.2, 0.25) is 5.91 Å². The first-order valence-corrected chi connectivity index (χ1v) is 4.62. The zero-order valence-electron chi connectivity index (χ0n) is 7.86. The number of benzene rings is 1. The summed E-state index contributed by atoms with van der Waals surface area (Å²) in [4.78, 5) is 11.2. The third kappa shape index (κ3) is 3.74. The van der Waals surface area contributed by atoms with Crippen LogP contribution in [0.4, 0.5) is 5.69 Å². The van der Waals surface area contributed by atoms with Gasteiger partial charge >= 0.3 is 0 Å². The Labute approximate surface area is 79.0 Å². The normalized spacial score (nSPS) is 9.62. The number of carbonyl (C=O) groups excluding carboxylic acids is 1. The molecule has 0 heterocycles. The molecular formula is C11H14NO. The van der Waals surface area contributed by atoms with Crippen LogP contribution >= 0.6 is 0 Å². The molecule has 0 aromatic heterocycles. The molecule has 0 aliphatic carbocycles. The van der Waals surface area contributed by atoms with Gasteiger partial charge in [0.1, 0.15) is 0 Å². The molecule has 0 bridgehead atoms. The van der Waals surface area contributed by atoms with E-state index in [4.69, 9.17) is 0 Å². The lowest BCUT2D eigenvalue weighted by atomic mass is 10.2. The molecule has 0 N–H and O–H groups in total. The second-order valence-electron chi connectivity index (χ2n) is 2.94. The lowest BCUT2D eigenvalue weighted by Crippen LogP contribution is -2.09. The summed E-state index contributed by atoms with van der Waals surface area (Å²) in [5.74, 6) is -0.0203. The van der Waals surface area contributed by atoms with Crippen molar-refractivity contribution in [2.24, 2.45) is 0 Å². The second kappa shape index (κ2) is 5.36. The van der Waals surface area contributed by atoms with Crippen molar-refractivity contribution in [3.8, 4) is 0 Å². The van der Waals surface area contributed by atoms with Crippen molar-refractivity contribution in [2.75, 3.05) is 0 Å². The van der Waals surface area contributed by atoms with Crippen LogP contribution in [0, 0.1) is 0 Å². The van der Waals surface area contributed by atoms with Gasteiger partial charge in [-0.3, -0.25) is 4.79 Å². The zero-order valence-corrected chi connectivity index (χ0v) is 7.86. The highest BCUT2D eigenvalue weighted by molar-refractivity contribution is 5.80. The Morgan fingerprint density at radius 3 is 2.62 bits per heavy atom. The summed E-state index contributed by atoms with van der Waals surface area (Å²) >= 11 is 0. The fraction of sp³-hybridized carbons (Fsp3) is 0.364. The van der Waals surface area contributed by atoms with Crippen molar-refractivity contribution >= 4 is 11.6 Å². The van der Waals surface area contributed by atoms with Gasteiger partial charge in [-0.05, 0) is 18.6 Å². The molecule has 0 spiro atoms. The molecule has 2 heteroatoms. The van der Waals surface area contributed by atoms with Crippen LogP contribution < -0.4 is 5.32 Å². The van der Waals surface area contributed by atoms with Crippen molar-refractivity contribution in [1.82, 2.24) is 5.32 Å². The van der Waals surface area contributed by atoms with E-state index in [9.17, 15) is 4.79 Å². The second-order valence-corrected chi connectivity index (χ2v) is 2.94. The third-order valence-corrected chi connectivity index (χ3v) is 1.75. The minimum atomic E-state index is -0.0203. The maximum absolute atomic E-state index is 11.2. The third-order valence-electron chi connectivity index (χ3n) is 1.75. The molecule has 1 amide bonds. The molecule has 0 aliphatic rings. The van der Waals surface area contributed by atoms with Gasteiger partial charge < -0.3 is 0 Å². The highest BCUT2D eigenvalue weighted by Gasteiger charge is 2.02. The quantitative estimate of drug-likeness (QED) is 0.693. The molecule has 69 valence electrons. The Balaban J connectivity index is 2.37. The molecule has 1 radical (unpaired) electrons. The van der Waals surface area contributed by atoms with Crippen LogP contribution in [0.5, 0.6) is 0 Å². The summed E-state index contributed by atoms with van der Waals surface area (Å²) < 4.78 is 0. The fourth-order valence-corrected chi connectivity index (χ4v) is 1.03. The highest BCUT2D eigenvalue weighted by Crippen LogP contribution is 2.06. The van der Waals surface area contributed by atoms with Crippen LogP contribution in [-0.2, 0) is 4.79 Å². The first-order valence-electron chi connectivity index (χ1n) is 4.62. The van der Waals surface area contributed by atoms with E-state index in [2.05, 4.69) is 12.2 Å². The molecule has 0 aliphatic heterocycles. The molecule has 2 nitrogen and oxygen atoms in total. The molecule has 1 rings (SSSR count). The highest BCUT2D eigenvalue weighted by atomic mass is 16.1. The summed E-state index contributed by atoms with van der Waals surface area (Å²) in [5.41, 5.74) is 0.753. The Kier molecular flexibility index (Phi) is 4.03. The number of para-hydroxylation sites is 1. The minimum absolute atomic E-state index is 0.0203. The number of hydrogen-bond acceptors (Lipinski definition) is 1. The summed E-state index contributed by atoms with van der Waals surface area (Å²) in [6, 6.07) is 9.35. The van der Waals surface area contributed by atoms with Gasteiger partial charge in [-0.15, -0.1) is 0 Å². The summed E-state index contributed by atoms with van der Waals surface area (Å²) in [7, 11) is 0. The molecular weight excluding hydrogens is 162 g/mol. The van der Waals surface area contributed by atoms with E-state index in [0.29, 0.717) is 6.42 Å². The van der Waals surface area contributed by atoms with Crippen LogP contribution in [0.3, 0.4) is 0 Å². The lowest BCUT2D eigenvalue weighted by Gasteiger charge is -1.99. The number of rotatable bonds is 4. The van der Waals surface area contributed by atoms with E-state index in [1.165, 1.54) is 0 Å². The van der Waals surface area contributed by atoms with Crippen molar-refractivity contribution in [1.29, 1.82) is 0 Å². The molecule has 1 aromatic rings. The maximum Gasteiger partial charge on any atom is 0.246 e. The van der Waals surface area contributed by atoms with Gasteiger partial charge in [-0.2, -0.15) is 0 Å². The van der Waals surface area contributed by atoms with E-state index in [1.54, 1.807) is 0 Å². The number of amides is 1. The van der Waals surface area contributed by atoms with Gasteiger partial charge in [0.15, 0.2) is 0 Å². The number of carbonyl (C=O) groups is 1. The maximum atomic E-state index is 11.2. The lowest BCUT2D eigenvalue weighted by molar-refractivity contribution is -0.120. The smallest absolute Gasteiger partial charge is 0.246 e. The van der Waals surface area contributed by atoms with Crippen LogP contribution in [0.1, 0.15) is 26.2 Å². The van der Waals surface area contributed by atoms with Gasteiger partial charge in [-0.1, -0.05) is 31.5 Å². The topological polar surface area (TPSA) is 31.2 Å². The zero-order chi connectivity index (χ0) is 9.52. The predicted molar refractivity (Wildman–Crippen MR) is 52.8 cm³/mol. The van der Waals surface area contributed by atoms with Crippen molar-refractivity contribution in [3.05, 3.63) is 30.3 Å². The Hall–Kier alpha value is -1.31. The monoisotopic (exact) mass is 176 g/mol. The molecule has 0 atom stereocenters. The molecule has 0 saturated heterocycles. The van der Waals surface area contributed by atoms with E-state index < -0.39 is 0 Å². The number of unbranched alkanes of at least 4 members (excludes halogenated alkanes) is 1. The van der Waals surface area contributed by atoms with Crippen LogP contribution in [-0.4, -0.2) is 5.91 Å². The molecule has 0 saturated carbocycles.